The number of nitrogens with zero attached hydrogens (tertiary/aromatic N) is 3. The molecule has 0 bridgehead atoms. The van der Waals surface area contributed by atoms with Crippen LogP contribution in [-0.2, 0) is 4.79 Å². The first-order valence-corrected chi connectivity index (χ1v) is 6.92. The quantitative estimate of drug-likeness (QED) is 0.845. The maximum absolute atomic E-state index is 11.0. The molecule has 1 heterocycles. The Bertz CT molecular complexity index is 612. The molecule has 0 aliphatic rings. The van der Waals surface area contributed by atoms with Crippen molar-refractivity contribution in [3.05, 3.63) is 24.3 Å². The number of benzene rings is 1. The van der Waals surface area contributed by atoms with Gasteiger partial charge in [-0.2, -0.15) is 0 Å². The van der Waals surface area contributed by atoms with Gasteiger partial charge in [0.2, 0.25) is 11.8 Å². The Morgan fingerprint density at radius 1 is 1.40 bits per heavy atom. The molecule has 2 N–H and O–H groups in total. The summed E-state index contributed by atoms with van der Waals surface area (Å²) in [6.07, 6.45) is 0. The number of primary amides is 1. The number of carbonyl (C=O) groups is 1. The van der Waals surface area contributed by atoms with Gasteiger partial charge in [0, 0.05) is 25.3 Å². The first-order chi connectivity index (χ1) is 9.47. The van der Waals surface area contributed by atoms with Crippen molar-refractivity contribution in [3.8, 4) is 11.5 Å². The highest BCUT2D eigenvalue weighted by Gasteiger charge is 2.16. The number of carbonyl (C=O) groups excluding carboxylic acids is 1. The molecule has 1 aromatic carbocycles. The third-order valence-corrected chi connectivity index (χ3v) is 3.65. The lowest BCUT2D eigenvalue weighted by Gasteiger charge is -2.12. The van der Waals surface area contributed by atoms with Gasteiger partial charge in [0.1, 0.15) is 0 Å². The molecule has 1 atom stereocenters. The summed E-state index contributed by atoms with van der Waals surface area (Å²) >= 11 is 1.15. The number of anilines is 1. The summed E-state index contributed by atoms with van der Waals surface area (Å²) in [4.78, 5) is 13.0. The summed E-state index contributed by atoms with van der Waals surface area (Å²) in [5.41, 5.74) is 7.08. The molecule has 1 amide bonds. The molecule has 7 heteroatoms. The molecular formula is C13H16N4O2S. The van der Waals surface area contributed by atoms with Gasteiger partial charge in [0.25, 0.3) is 5.22 Å². The Labute approximate surface area is 121 Å². The van der Waals surface area contributed by atoms with E-state index in [1.54, 1.807) is 6.92 Å². The van der Waals surface area contributed by atoms with Gasteiger partial charge in [-0.15, -0.1) is 10.2 Å². The molecule has 2 rings (SSSR count). The van der Waals surface area contributed by atoms with Crippen LogP contribution in [0.15, 0.2) is 33.9 Å². The summed E-state index contributed by atoms with van der Waals surface area (Å²) < 4.78 is 5.54. The highest BCUT2D eigenvalue weighted by Crippen LogP contribution is 2.27. The molecule has 1 unspecified atom stereocenters. The predicted molar refractivity (Wildman–Crippen MR) is 78.6 cm³/mol. The van der Waals surface area contributed by atoms with Crippen molar-refractivity contribution in [3.63, 3.8) is 0 Å². The molecule has 0 spiro atoms. The van der Waals surface area contributed by atoms with Crippen molar-refractivity contribution in [2.75, 3.05) is 19.0 Å². The lowest BCUT2D eigenvalue weighted by molar-refractivity contribution is -0.117. The largest absolute Gasteiger partial charge is 0.411 e. The minimum atomic E-state index is -0.413. The van der Waals surface area contributed by atoms with Crippen molar-refractivity contribution >= 4 is 23.4 Å². The minimum absolute atomic E-state index is 0.335. The first-order valence-electron chi connectivity index (χ1n) is 6.04. The molecule has 0 saturated carbocycles. The zero-order chi connectivity index (χ0) is 14.7. The van der Waals surface area contributed by atoms with Crippen molar-refractivity contribution in [2.24, 2.45) is 5.73 Å². The predicted octanol–water partition coefficient (Wildman–Crippen LogP) is 1.77. The molecule has 2 aromatic rings. The van der Waals surface area contributed by atoms with Gasteiger partial charge >= 0.3 is 0 Å². The first kappa shape index (κ1) is 14.4. The molecule has 6 nitrogen and oxygen atoms in total. The lowest BCUT2D eigenvalue weighted by Crippen LogP contribution is -2.22. The van der Waals surface area contributed by atoms with E-state index >= 15 is 0 Å². The molecule has 0 aliphatic heterocycles. The van der Waals surface area contributed by atoms with Gasteiger partial charge in [0.15, 0.2) is 0 Å². The van der Waals surface area contributed by atoms with Gasteiger partial charge in [-0.25, -0.2) is 0 Å². The fourth-order valence-corrected chi connectivity index (χ4v) is 2.13. The summed E-state index contributed by atoms with van der Waals surface area (Å²) in [6, 6.07) is 7.77. The zero-order valence-electron chi connectivity index (χ0n) is 11.5. The molecule has 106 valence electrons. The SMILES string of the molecule is CC(Sc1nnc(-c2cccc(N(C)C)c2)o1)C(N)=O. The molecule has 0 aliphatic carbocycles. The standard InChI is InChI=1S/C13H16N4O2S/c1-8(11(14)18)20-13-16-15-12(19-13)9-5-4-6-10(7-9)17(2)3/h4-8H,1-3H3,(H2,14,18). The maximum Gasteiger partial charge on any atom is 0.277 e. The van der Waals surface area contributed by atoms with E-state index in [0.29, 0.717) is 11.1 Å². The van der Waals surface area contributed by atoms with Crippen molar-refractivity contribution < 1.29 is 9.21 Å². The van der Waals surface area contributed by atoms with E-state index in [2.05, 4.69) is 10.2 Å². The smallest absolute Gasteiger partial charge is 0.277 e. The molecule has 1 aromatic heterocycles. The van der Waals surface area contributed by atoms with E-state index < -0.39 is 11.2 Å². The van der Waals surface area contributed by atoms with E-state index in [1.165, 1.54) is 0 Å². The van der Waals surface area contributed by atoms with E-state index in [-0.39, 0.29) is 0 Å². The number of aromatic nitrogens is 2. The van der Waals surface area contributed by atoms with Crippen LogP contribution in [0.3, 0.4) is 0 Å². The van der Waals surface area contributed by atoms with Gasteiger partial charge in [0.05, 0.1) is 5.25 Å². The molecule has 20 heavy (non-hydrogen) atoms. The van der Waals surface area contributed by atoms with Crippen LogP contribution in [0, 0.1) is 0 Å². The van der Waals surface area contributed by atoms with Crippen LogP contribution in [0.2, 0.25) is 0 Å². The van der Waals surface area contributed by atoms with Crippen LogP contribution >= 0.6 is 11.8 Å². The Kier molecular flexibility index (Phi) is 4.29. The second-order valence-corrected chi connectivity index (χ2v) is 5.77. The number of hydrogen-bond acceptors (Lipinski definition) is 6. The number of thioether (sulfide) groups is 1. The topological polar surface area (TPSA) is 85.2 Å². The monoisotopic (exact) mass is 292 g/mol. The molecule has 0 fully saturated rings. The second kappa shape index (κ2) is 5.96. The molecular weight excluding hydrogens is 276 g/mol. The average molecular weight is 292 g/mol. The van der Waals surface area contributed by atoms with Crippen LogP contribution < -0.4 is 10.6 Å². The summed E-state index contributed by atoms with van der Waals surface area (Å²) in [6.45, 7) is 1.70. The summed E-state index contributed by atoms with van der Waals surface area (Å²) in [5, 5.41) is 7.83. The van der Waals surface area contributed by atoms with Crippen LogP contribution in [0.4, 0.5) is 5.69 Å². The second-order valence-electron chi connectivity index (χ2n) is 4.48. The Balaban J connectivity index is 2.20. The van der Waals surface area contributed by atoms with Gasteiger partial charge in [-0.05, 0) is 25.1 Å². The average Bonchev–Trinajstić information content (AvgIpc) is 2.87. The van der Waals surface area contributed by atoms with E-state index in [9.17, 15) is 4.79 Å². The fourth-order valence-electron chi connectivity index (χ4n) is 1.50. The van der Waals surface area contributed by atoms with Crippen LogP contribution in [0.25, 0.3) is 11.5 Å². The third kappa shape index (κ3) is 3.30. The Morgan fingerprint density at radius 2 is 2.15 bits per heavy atom. The number of rotatable bonds is 5. The highest BCUT2D eigenvalue weighted by molar-refractivity contribution is 8.00. The number of hydrogen-bond donors (Lipinski definition) is 1. The van der Waals surface area contributed by atoms with E-state index in [0.717, 1.165) is 23.0 Å². The summed E-state index contributed by atoms with van der Waals surface area (Å²) in [7, 11) is 3.92. The molecule has 0 radical (unpaired) electrons. The zero-order valence-corrected chi connectivity index (χ0v) is 12.3. The minimum Gasteiger partial charge on any atom is -0.411 e. The van der Waals surface area contributed by atoms with E-state index in [1.807, 2.05) is 43.3 Å². The van der Waals surface area contributed by atoms with Crippen LogP contribution in [0.1, 0.15) is 6.92 Å². The van der Waals surface area contributed by atoms with Gasteiger partial charge in [-0.1, -0.05) is 17.8 Å². The lowest BCUT2D eigenvalue weighted by atomic mass is 10.2. The summed E-state index contributed by atoms with van der Waals surface area (Å²) in [5.74, 6) is 0.0113. The number of amides is 1. The maximum atomic E-state index is 11.0. The van der Waals surface area contributed by atoms with Crippen LogP contribution in [0.5, 0.6) is 0 Å². The highest BCUT2D eigenvalue weighted by atomic mass is 32.2. The van der Waals surface area contributed by atoms with Crippen molar-refractivity contribution in [1.82, 2.24) is 10.2 Å². The van der Waals surface area contributed by atoms with Crippen molar-refractivity contribution in [1.29, 1.82) is 0 Å². The number of nitrogens with two attached hydrogens (primary N) is 1. The van der Waals surface area contributed by atoms with Gasteiger partial charge in [-0.3, -0.25) is 4.79 Å². The Hall–Kier alpha value is -2.02. The van der Waals surface area contributed by atoms with Crippen molar-refractivity contribution in [2.45, 2.75) is 17.4 Å². The fraction of sp³-hybridized carbons (Fsp3) is 0.308. The van der Waals surface area contributed by atoms with E-state index in [4.69, 9.17) is 10.2 Å². The molecule has 0 saturated heterocycles. The van der Waals surface area contributed by atoms with Gasteiger partial charge < -0.3 is 15.1 Å². The third-order valence-electron chi connectivity index (χ3n) is 2.69. The Morgan fingerprint density at radius 3 is 2.80 bits per heavy atom. The normalized spacial score (nSPS) is 12.2. The van der Waals surface area contributed by atoms with Crippen LogP contribution in [-0.4, -0.2) is 35.4 Å².